The molecule has 0 N–H and O–H groups in total. The number of benzene rings is 1. The monoisotopic (exact) mass is 185 g/mol. The topological polar surface area (TPSA) is 12.4 Å². The second-order valence-electron chi connectivity index (χ2n) is 3.11. The summed E-state index contributed by atoms with van der Waals surface area (Å²) < 4.78 is 0. The summed E-state index contributed by atoms with van der Waals surface area (Å²) in [6.07, 6.45) is 3.64. The fraction of sp³-hybridized carbons (Fsp3) is 0.154. The van der Waals surface area contributed by atoms with E-state index >= 15 is 0 Å². The lowest BCUT2D eigenvalue weighted by atomic mass is 10.1. The molecule has 0 aliphatic rings. The van der Waals surface area contributed by atoms with E-state index in [0.717, 1.165) is 17.0 Å². The van der Waals surface area contributed by atoms with E-state index in [1.54, 1.807) is 6.08 Å². The van der Waals surface area contributed by atoms with Gasteiger partial charge in [-0.3, -0.25) is 4.99 Å². The fourth-order valence-corrected chi connectivity index (χ4v) is 1.22. The molecule has 1 aromatic rings. The summed E-state index contributed by atoms with van der Waals surface area (Å²) in [5.74, 6) is 0. The Morgan fingerprint density at radius 3 is 2.43 bits per heavy atom. The lowest BCUT2D eigenvalue weighted by molar-refractivity contribution is 1.29. The molecule has 0 fully saturated rings. The highest BCUT2D eigenvalue weighted by atomic mass is 14.7. The average Bonchev–Trinajstić information content (AvgIpc) is 2.19. The number of hydrogen-bond donors (Lipinski definition) is 0. The minimum Gasteiger partial charge on any atom is -0.258 e. The van der Waals surface area contributed by atoms with Crippen LogP contribution in [0.15, 0.2) is 59.8 Å². The van der Waals surface area contributed by atoms with Gasteiger partial charge in [0.15, 0.2) is 0 Å². The first-order valence-electron chi connectivity index (χ1n) is 4.64. The van der Waals surface area contributed by atoms with Crippen LogP contribution in [0.3, 0.4) is 0 Å². The lowest BCUT2D eigenvalue weighted by Crippen LogP contribution is -1.93. The molecule has 72 valence electrons. The van der Waals surface area contributed by atoms with Crippen molar-refractivity contribution in [2.24, 2.45) is 4.99 Å². The van der Waals surface area contributed by atoms with Crippen molar-refractivity contribution >= 4 is 5.71 Å². The third kappa shape index (κ3) is 3.02. The van der Waals surface area contributed by atoms with E-state index in [1.807, 2.05) is 38.1 Å². The summed E-state index contributed by atoms with van der Waals surface area (Å²) in [4.78, 5) is 4.44. The van der Waals surface area contributed by atoms with Gasteiger partial charge < -0.3 is 0 Å². The van der Waals surface area contributed by atoms with E-state index in [9.17, 15) is 0 Å². The van der Waals surface area contributed by atoms with E-state index in [-0.39, 0.29) is 0 Å². The van der Waals surface area contributed by atoms with Crippen molar-refractivity contribution < 1.29 is 0 Å². The van der Waals surface area contributed by atoms with E-state index in [4.69, 9.17) is 0 Å². The SMILES string of the molecule is C=C/C=C(\C)N=C(C)c1ccccc1. The summed E-state index contributed by atoms with van der Waals surface area (Å²) in [6.45, 7) is 7.61. The van der Waals surface area contributed by atoms with Crippen molar-refractivity contribution in [1.29, 1.82) is 0 Å². The predicted octanol–water partition coefficient (Wildman–Crippen LogP) is 3.59. The third-order valence-electron chi connectivity index (χ3n) is 1.89. The van der Waals surface area contributed by atoms with Gasteiger partial charge in [-0.2, -0.15) is 0 Å². The van der Waals surface area contributed by atoms with Crippen LogP contribution in [0.2, 0.25) is 0 Å². The molecule has 0 heterocycles. The second-order valence-corrected chi connectivity index (χ2v) is 3.11. The van der Waals surface area contributed by atoms with Crippen LogP contribution in [0.4, 0.5) is 0 Å². The van der Waals surface area contributed by atoms with Crippen LogP contribution in [0.25, 0.3) is 0 Å². The van der Waals surface area contributed by atoms with Crippen LogP contribution in [-0.2, 0) is 0 Å². The summed E-state index contributed by atoms with van der Waals surface area (Å²) in [5.41, 5.74) is 3.16. The van der Waals surface area contributed by atoms with Crippen LogP contribution >= 0.6 is 0 Å². The van der Waals surface area contributed by atoms with Crippen molar-refractivity contribution in [3.63, 3.8) is 0 Å². The third-order valence-corrected chi connectivity index (χ3v) is 1.89. The Labute approximate surface area is 85.5 Å². The zero-order chi connectivity index (χ0) is 10.4. The summed E-state index contributed by atoms with van der Waals surface area (Å²) in [6, 6.07) is 10.1. The van der Waals surface area contributed by atoms with E-state index in [1.165, 1.54) is 0 Å². The minimum atomic E-state index is 0.973. The molecule has 1 heteroatoms. The Kier molecular flexibility index (Phi) is 3.86. The van der Waals surface area contributed by atoms with Gasteiger partial charge in [-0.1, -0.05) is 43.0 Å². The van der Waals surface area contributed by atoms with Gasteiger partial charge in [0.1, 0.15) is 0 Å². The van der Waals surface area contributed by atoms with E-state index in [0.29, 0.717) is 0 Å². The highest BCUT2D eigenvalue weighted by Gasteiger charge is 1.94. The highest BCUT2D eigenvalue weighted by molar-refractivity contribution is 5.99. The van der Waals surface area contributed by atoms with Gasteiger partial charge in [0.2, 0.25) is 0 Å². The highest BCUT2D eigenvalue weighted by Crippen LogP contribution is 2.04. The molecule has 0 bridgehead atoms. The Morgan fingerprint density at radius 1 is 1.21 bits per heavy atom. The minimum absolute atomic E-state index is 0.973. The first-order chi connectivity index (χ1) is 6.74. The predicted molar refractivity (Wildman–Crippen MR) is 62.6 cm³/mol. The van der Waals surface area contributed by atoms with Gasteiger partial charge in [0.05, 0.1) is 0 Å². The van der Waals surface area contributed by atoms with Gasteiger partial charge in [-0.25, -0.2) is 0 Å². The zero-order valence-corrected chi connectivity index (χ0v) is 8.70. The summed E-state index contributed by atoms with van der Waals surface area (Å²) in [5, 5.41) is 0. The molecule has 1 nitrogen and oxygen atoms in total. The van der Waals surface area contributed by atoms with Crippen molar-refractivity contribution in [3.8, 4) is 0 Å². The molecule has 0 aromatic heterocycles. The number of nitrogens with zero attached hydrogens (tertiary/aromatic N) is 1. The molecule has 0 atom stereocenters. The molecule has 0 saturated carbocycles. The van der Waals surface area contributed by atoms with Crippen LogP contribution in [0, 0.1) is 0 Å². The Balaban J connectivity index is 2.90. The molecular weight excluding hydrogens is 170 g/mol. The average molecular weight is 185 g/mol. The second kappa shape index (κ2) is 5.18. The van der Waals surface area contributed by atoms with Gasteiger partial charge in [-0.05, 0) is 25.5 Å². The quantitative estimate of drug-likeness (QED) is 0.504. The number of allylic oxidation sites excluding steroid dienone is 3. The van der Waals surface area contributed by atoms with Crippen molar-refractivity contribution in [3.05, 3.63) is 60.3 Å². The van der Waals surface area contributed by atoms with Crippen molar-refractivity contribution in [2.75, 3.05) is 0 Å². The first kappa shape index (κ1) is 10.5. The van der Waals surface area contributed by atoms with Gasteiger partial charge in [-0.15, -0.1) is 0 Å². The maximum absolute atomic E-state index is 4.44. The Morgan fingerprint density at radius 2 is 1.86 bits per heavy atom. The molecule has 14 heavy (non-hydrogen) atoms. The molecule has 0 amide bonds. The molecule has 0 aliphatic heterocycles. The standard InChI is InChI=1S/C13H15N/c1-4-8-11(2)14-12(3)13-9-6-5-7-10-13/h4-10H,1H2,2-3H3/b11-8+,14-12?. The Bertz CT molecular complexity index is 358. The summed E-state index contributed by atoms with van der Waals surface area (Å²) >= 11 is 0. The van der Waals surface area contributed by atoms with Crippen molar-refractivity contribution in [2.45, 2.75) is 13.8 Å². The van der Waals surface area contributed by atoms with Crippen LogP contribution in [0.5, 0.6) is 0 Å². The van der Waals surface area contributed by atoms with Crippen molar-refractivity contribution in [1.82, 2.24) is 0 Å². The van der Waals surface area contributed by atoms with Crippen LogP contribution in [-0.4, -0.2) is 5.71 Å². The maximum Gasteiger partial charge on any atom is 0.0448 e. The zero-order valence-electron chi connectivity index (χ0n) is 8.70. The fourth-order valence-electron chi connectivity index (χ4n) is 1.22. The molecule has 1 rings (SSSR count). The molecular formula is C13H15N. The van der Waals surface area contributed by atoms with Gasteiger partial charge >= 0.3 is 0 Å². The molecule has 0 spiro atoms. The first-order valence-corrected chi connectivity index (χ1v) is 4.64. The molecule has 0 radical (unpaired) electrons. The molecule has 0 unspecified atom stereocenters. The number of rotatable bonds is 3. The van der Waals surface area contributed by atoms with Gasteiger partial charge in [0.25, 0.3) is 0 Å². The summed E-state index contributed by atoms with van der Waals surface area (Å²) in [7, 11) is 0. The van der Waals surface area contributed by atoms with E-state index < -0.39 is 0 Å². The molecule has 0 saturated heterocycles. The maximum atomic E-state index is 4.44. The number of hydrogen-bond acceptors (Lipinski definition) is 1. The lowest BCUT2D eigenvalue weighted by Gasteiger charge is -1.99. The van der Waals surface area contributed by atoms with Gasteiger partial charge in [0, 0.05) is 11.4 Å². The van der Waals surface area contributed by atoms with Crippen LogP contribution in [0.1, 0.15) is 19.4 Å². The van der Waals surface area contributed by atoms with Crippen LogP contribution < -0.4 is 0 Å². The number of aliphatic imine (C=N–C) groups is 1. The smallest absolute Gasteiger partial charge is 0.0448 e. The molecule has 1 aromatic carbocycles. The Hall–Kier alpha value is -1.63. The largest absolute Gasteiger partial charge is 0.258 e. The normalized spacial score (nSPS) is 12.7. The molecule has 0 aliphatic carbocycles. The van der Waals surface area contributed by atoms with E-state index in [2.05, 4.69) is 23.7 Å².